The number of aromatic amines is 1. The third kappa shape index (κ3) is 6.30. The number of benzene rings is 3. The molecule has 202 valence electrons. The second kappa shape index (κ2) is 12.2. The smallest absolute Gasteiger partial charge is 0.247 e. The molecule has 2 N–H and O–H groups in total. The molecule has 3 aromatic carbocycles. The van der Waals surface area contributed by atoms with E-state index in [4.69, 9.17) is 4.74 Å². The summed E-state index contributed by atoms with van der Waals surface area (Å²) < 4.78 is 19.0. The van der Waals surface area contributed by atoms with Gasteiger partial charge in [-0.1, -0.05) is 61.7 Å². The summed E-state index contributed by atoms with van der Waals surface area (Å²) in [4.78, 5) is 32.9. The zero-order chi connectivity index (χ0) is 27.2. The molecule has 0 aliphatic heterocycles. The highest BCUT2D eigenvalue weighted by molar-refractivity contribution is 5.92. The van der Waals surface area contributed by atoms with Crippen molar-refractivity contribution in [1.29, 1.82) is 0 Å². The van der Waals surface area contributed by atoms with Gasteiger partial charge in [-0.3, -0.25) is 9.59 Å². The number of para-hydroxylation sites is 1. The van der Waals surface area contributed by atoms with E-state index in [0.29, 0.717) is 11.3 Å². The minimum Gasteiger partial charge on any atom is -0.497 e. The molecule has 1 aliphatic carbocycles. The third-order valence-corrected chi connectivity index (χ3v) is 7.55. The average Bonchev–Trinajstić information content (AvgIpc) is 3.37. The molecule has 0 saturated heterocycles. The van der Waals surface area contributed by atoms with Crippen molar-refractivity contribution in [2.24, 2.45) is 0 Å². The first kappa shape index (κ1) is 26.5. The number of rotatable bonds is 9. The van der Waals surface area contributed by atoms with Gasteiger partial charge in [0, 0.05) is 29.7 Å². The Kier molecular flexibility index (Phi) is 8.25. The Hall–Kier alpha value is -4.13. The molecule has 7 heteroatoms. The van der Waals surface area contributed by atoms with Crippen molar-refractivity contribution in [3.05, 3.63) is 102 Å². The second-order valence-corrected chi connectivity index (χ2v) is 10.2. The number of methoxy groups -OCH3 is 1. The highest BCUT2D eigenvalue weighted by Crippen LogP contribution is 2.29. The molecule has 5 rings (SSSR count). The van der Waals surface area contributed by atoms with E-state index in [0.717, 1.165) is 47.7 Å². The molecule has 1 aliphatic rings. The minimum absolute atomic E-state index is 0.0865. The predicted molar refractivity (Wildman–Crippen MR) is 150 cm³/mol. The molecule has 0 bridgehead atoms. The summed E-state index contributed by atoms with van der Waals surface area (Å²) in [6.45, 7) is 0.163. The fourth-order valence-corrected chi connectivity index (χ4v) is 5.44. The van der Waals surface area contributed by atoms with Crippen molar-refractivity contribution in [3.63, 3.8) is 0 Å². The molecule has 0 spiro atoms. The maximum absolute atomic E-state index is 14.1. The van der Waals surface area contributed by atoms with E-state index in [-0.39, 0.29) is 36.6 Å². The van der Waals surface area contributed by atoms with Gasteiger partial charge in [0.1, 0.15) is 17.6 Å². The minimum atomic E-state index is -0.861. The molecule has 1 unspecified atom stereocenters. The molecule has 1 saturated carbocycles. The van der Waals surface area contributed by atoms with Crippen LogP contribution in [0.2, 0.25) is 0 Å². The van der Waals surface area contributed by atoms with E-state index in [1.54, 1.807) is 36.3 Å². The summed E-state index contributed by atoms with van der Waals surface area (Å²) in [7, 11) is 1.59. The molecule has 1 heterocycles. The standard InChI is InChI=1S/C32H34FN3O3/c1-39-27-17-13-23(14-18-27)31(32(38)35-26-7-3-2-4-8-26)36(21-22-11-15-25(33)16-12-22)30(37)19-24-20-34-29-10-6-5-9-28(24)29/h5-6,9-18,20,26,31,34H,2-4,7-8,19,21H2,1H3,(H,35,38). The van der Waals surface area contributed by atoms with Crippen molar-refractivity contribution >= 4 is 22.7 Å². The zero-order valence-electron chi connectivity index (χ0n) is 22.2. The lowest BCUT2D eigenvalue weighted by Crippen LogP contribution is -2.47. The summed E-state index contributed by atoms with van der Waals surface area (Å²) in [5, 5.41) is 4.21. The number of nitrogens with one attached hydrogen (secondary N) is 2. The summed E-state index contributed by atoms with van der Waals surface area (Å²) in [5.74, 6) is -0.0808. The number of amides is 2. The Morgan fingerprint density at radius 3 is 2.44 bits per heavy atom. The van der Waals surface area contributed by atoms with E-state index < -0.39 is 6.04 Å². The van der Waals surface area contributed by atoms with E-state index in [1.165, 1.54) is 18.6 Å². The molecule has 1 atom stereocenters. The van der Waals surface area contributed by atoms with Gasteiger partial charge in [0.05, 0.1) is 13.5 Å². The number of carbonyl (C=O) groups excluding carboxylic acids is 2. The summed E-state index contributed by atoms with van der Waals surface area (Å²) in [5.41, 5.74) is 3.25. The van der Waals surface area contributed by atoms with Gasteiger partial charge in [-0.2, -0.15) is 0 Å². The predicted octanol–water partition coefficient (Wildman–Crippen LogP) is 6.08. The van der Waals surface area contributed by atoms with Gasteiger partial charge in [-0.25, -0.2) is 4.39 Å². The first-order valence-electron chi connectivity index (χ1n) is 13.5. The van der Waals surface area contributed by atoms with E-state index >= 15 is 0 Å². The Labute approximate surface area is 228 Å². The second-order valence-electron chi connectivity index (χ2n) is 10.2. The summed E-state index contributed by atoms with van der Waals surface area (Å²) in [6.07, 6.45) is 7.17. The topological polar surface area (TPSA) is 74.4 Å². The Morgan fingerprint density at radius 1 is 1.00 bits per heavy atom. The molecule has 6 nitrogen and oxygen atoms in total. The van der Waals surface area contributed by atoms with Crippen LogP contribution in [0.25, 0.3) is 10.9 Å². The molecule has 39 heavy (non-hydrogen) atoms. The number of fused-ring (bicyclic) bond motifs is 1. The monoisotopic (exact) mass is 527 g/mol. The van der Waals surface area contributed by atoms with Crippen molar-refractivity contribution in [2.75, 3.05) is 7.11 Å². The molecule has 0 radical (unpaired) electrons. The normalized spacial score (nSPS) is 14.6. The number of ether oxygens (including phenoxy) is 1. The number of hydrogen-bond donors (Lipinski definition) is 2. The zero-order valence-corrected chi connectivity index (χ0v) is 22.2. The number of H-pyrrole nitrogens is 1. The molecule has 1 fully saturated rings. The SMILES string of the molecule is COc1ccc(C(C(=O)NC2CCCCC2)N(Cc2ccc(F)cc2)C(=O)Cc2c[nH]c3ccccc23)cc1. The maximum Gasteiger partial charge on any atom is 0.247 e. The van der Waals surface area contributed by atoms with E-state index in [2.05, 4.69) is 10.3 Å². The number of hydrogen-bond acceptors (Lipinski definition) is 3. The quantitative estimate of drug-likeness (QED) is 0.277. The molecular formula is C32H34FN3O3. The summed E-state index contributed by atoms with van der Waals surface area (Å²) >= 11 is 0. The Bertz CT molecular complexity index is 1410. The van der Waals surface area contributed by atoms with E-state index in [1.807, 2.05) is 42.6 Å². The lowest BCUT2D eigenvalue weighted by atomic mass is 9.94. The van der Waals surface area contributed by atoms with Crippen LogP contribution in [-0.4, -0.2) is 34.8 Å². The Balaban J connectivity index is 1.52. The lowest BCUT2D eigenvalue weighted by molar-refractivity contribution is -0.141. The van der Waals surface area contributed by atoms with Gasteiger partial charge >= 0.3 is 0 Å². The first-order chi connectivity index (χ1) is 19.0. The Morgan fingerprint density at radius 2 is 1.72 bits per heavy atom. The van der Waals surface area contributed by atoms with Crippen LogP contribution in [-0.2, 0) is 22.6 Å². The van der Waals surface area contributed by atoms with Crippen molar-refractivity contribution in [2.45, 2.75) is 57.2 Å². The van der Waals surface area contributed by atoms with Crippen molar-refractivity contribution < 1.29 is 18.7 Å². The number of aromatic nitrogens is 1. The summed E-state index contributed by atoms with van der Waals surface area (Å²) in [6, 6.07) is 20.4. The van der Waals surface area contributed by atoms with Crippen LogP contribution >= 0.6 is 0 Å². The van der Waals surface area contributed by atoms with Crippen LogP contribution in [0, 0.1) is 5.82 Å². The number of carbonyl (C=O) groups is 2. The lowest BCUT2D eigenvalue weighted by Gasteiger charge is -2.33. The van der Waals surface area contributed by atoms with Gasteiger partial charge in [0.15, 0.2) is 0 Å². The molecular weight excluding hydrogens is 493 g/mol. The van der Waals surface area contributed by atoms with Crippen LogP contribution in [0.1, 0.15) is 54.8 Å². The highest BCUT2D eigenvalue weighted by atomic mass is 19.1. The average molecular weight is 528 g/mol. The highest BCUT2D eigenvalue weighted by Gasteiger charge is 2.33. The largest absolute Gasteiger partial charge is 0.497 e. The molecule has 4 aromatic rings. The van der Waals surface area contributed by atoms with Crippen LogP contribution in [0.4, 0.5) is 4.39 Å². The molecule has 1 aromatic heterocycles. The number of halogens is 1. The first-order valence-corrected chi connectivity index (χ1v) is 13.5. The maximum atomic E-state index is 14.1. The fraction of sp³-hybridized carbons (Fsp3) is 0.312. The van der Waals surface area contributed by atoms with Gasteiger partial charge in [0.2, 0.25) is 11.8 Å². The number of nitrogens with zero attached hydrogens (tertiary/aromatic N) is 1. The van der Waals surface area contributed by atoms with Gasteiger partial charge < -0.3 is 19.9 Å². The van der Waals surface area contributed by atoms with Crippen molar-refractivity contribution in [3.8, 4) is 5.75 Å². The fourth-order valence-electron chi connectivity index (χ4n) is 5.44. The third-order valence-electron chi connectivity index (χ3n) is 7.55. The van der Waals surface area contributed by atoms with Crippen LogP contribution in [0.15, 0.2) is 79.0 Å². The van der Waals surface area contributed by atoms with Gasteiger partial charge in [-0.05, 0) is 59.9 Å². The van der Waals surface area contributed by atoms with Gasteiger partial charge in [0.25, 0.3) is 0 Å². The van der Waals surface area contributed by atoms with Gasteiger partial charge in [-0.15, -0.1) is 0 Å². The van der Waals surface area contributed by atoms with E-state index in [9.17, 15) is 14.0 Å². The van der Waals surface area contributed by atoms with Crippen LogP contribution in [0.3, 0.4) is 0 Å². The van der Waals surface area contributed by atoms with Crippen molar-refractivity contribution in [1.82, 2.24) is 15.2 Å². The van der Waals surface area contributed by atoms with Crippen LogP contribution in [0.5, 0.6) is 5.75 Å². The molecule has 2 amide bonds. The van der Waals surface area contributed by atoms with Crippen LogP contribution < -0.4 is 10.1 Å².